The molecular formula is C22H28N2O4S. The van der Waals surface area contributed by atoms with Gasteiger partial charge in [0.1, 0.15) is 5.75 Å². The number of sulfonamides is 1. The fraction of sp³-hybridized carbons (Fsp3) is 0.409. The van der Waals surface area contributed by atoms with Crippen LogP contribution < -0.4 is 10.1 Å². The van der Waals surface area contributed by atoms with Crippen LogP contribution in [-0.4, -0.2) is 38.3 Å². The van der Waals surface area contributed by atoms with Gasteiger partial charge in [0.25, 0.3) is 5.91 Å². The van der Waals surface area contributed by atoms with Crippen molar-refractivity contribution in [2.24, 2.45) is 11.8 Å². The largest absolute Gasteiger partial charge is 0.492 e. The van der Waals surface area contributed by atoms with Crippen molar-refractivity contribution in [3.63, 3.8) is 0 Å². The number of carbonyl (C=O) groups is 1. The standard InChI is InChI=1S/C22H28N2O4S/c1-4-28-21-8-6-5-7-20(21)23-22(25)18-9-11-19(12-10-18)29(26,27)24-14-16(2)13-17(3)15-24/h5-12,16-17H,4,13-15H2,1-3H3,(H,23,25). The van der Waals surface area contributed by atoms with Crippen molar-refractivity contribution in [1.82, 2.24) is 4.31 Å². The highest BCUT2D eigenvalue weighted by Crippen LogP contribution is 2.27. The zero-order chi connectivity index (χ0) is 21.0. The molecule has 0 bridgehead atoms. The molecule has 29 heavy (non-hydrogen) atoms. The lowest BCUT2D eigenvalue weighted by Gasteiger charge is -2.34. The Morgan fingerprint density at radius 1 is 1.07 bits per heavy atom. The Labute approximate surface area is 172 Å². The predicted molar refractivity (Wildman–Crippen MR) is 114 cm³/mol. The van der Waals surface area contributed by atoms with E-state index in [-0.39, 0.29) is 10.8 Å². The average Bonchev–Trinajstić information content (AvgIpc) is 2.69. The van der Waals surface area contributed by atoms with Crippen molar-refractivity contribution in [3.8, 4) is 5.75 Å². The summed E-state index contributed by atoms with van der Waals surface area (Å²) in [6.07, 6.45) is 1.04. The summed E-state index contributed by atoms with van der Waals surface area (Å²) in [6.45, 7) is 7.58. The van der Waals surface area contributed by atoms with Crippen molar-refractivity contribution in [1.29, 1.82) is 0 Å². The topological polar surface area (TPSA) is 75.7 Å². The highest BCUT2D eigenvalue weighted by molar-refractivity contribution is 7.89. The molecule has 1 aliphatic rings. The van der Waals surface area contributed by atoms with Crippen LogP contribution in [0, 0.1) is 11.8 Å². The van der Waals surface area contributed by atoms with Gasteiger partial charge in [-0.1, -0.05) is 26.0 Å². The number of amides is 1. The Balaban J connectivity index is 1.75. The van der Waals surface area contributed by atoms with E-state index in [4.69, 9.17) is 4.74 Å². The fourth-order valence-corrected chi connectivity index (χ4v) is 5.45. The smallest absolute Gasteiger partial charge is 0.255 e. The normalized spacial score (nSPS) is 20.2. The monoisotopic (exact) mass is 416 g/mol. The van der Waals surface area contributed by atoms with E-state index >= 15 is 0 Å². The summed E-state index contributed by atoms with van der Waals surface area (Å²) in [5.41, 5.74) is 0.961. The lowest BCUT2D eigenvalue weighted by molar-refractivity contribution is 0.102. The van der Waals surface area contributed by atoms with Crippen molar-refractivity contribution in [2.45, 2.75) is 32.1 Å². The van der Waals surface area contributed by atoms with Gasteiger partial charge in [0, 0.05) is 18.7 Å². The number of ether oxygens (including phenoxy) is 1. The van der Waals surface area contributed by atoms with Crippen LogP contribution in [0.1, 0.15) is 37.6 Å². The molecule has 7 heteroatoms. The summed E-state index contributed by atoms with van der Waals surface area (Å²) in [5.74, 6) is 0.949. The quantitative estimate of drug-likeness (QED) is 0.772. The lowest BCUT2D eigenvalue weighted by Crippen LogP contribution is -2.42. The molecule has 2 aromatic rings. The maximum absolute atomic E-state index is 13.0. The third kappa shape index (κ3) is 4.97. The molecule has 0 aliphatic carbocycles. The van der Waals surface area contributed by atoms with Gasteiger partial charge in [-0.25, -0.2) is 8.42 Å². The molecule has 1 amide bonds. The van der Waals surface area contributed by atoms with Crippen LogP contribution in [0.5, 0.6) is 5.75 Å². The molecule has 6 nitrogen and oxygen atoms in total. The number of nitrogens with zero attached hydrogens (tertiary/aromatic N) is 1. The van der Waals surface area contributed by atoms with E-state index in [1.54, 1.807) is 28.6 Å². The lowest BCUT2D eigenvalue weighted by atomic mass is 9.94. The summed E-state index contributed by atoms with van der Waals surface area (Å²) in [4.78, 5) is 12.8. The van der Waals surface area contributed by atoms with Gasteiger partial charge in [-0.3, -0.25) is 4.79 Å². The summed E-state index contributed by atoms with van der Waals surface area (Å²) >= 11 is 0. The number of anilines is 1. The number of nitrogens with one attached hydrogen (secondary N) is 1. The SMILES string of the molecule is CCOc1ccccc1NC(=O)c1ccc(S(=O)(=O)N2CC(C)CC(C)C2)cc1. The first-order chi connectivity index (χ1) is 13.8. The highest BCUT2D eigenvalue weighted by Gasteiger charge is 2.31. The van der Waals surface area contributed by atoms with E-state index in [0.717, 1.165) is 6.42 Å². The molecule has 0 radical (unpaired) electrons. The number of piperidine rings is 1. The maximum Gasteiger partial charge on any atom is 0.255 e. The Morgan fingerprint density at radius 3 is 2.31 bits per heavy atom. The molecule has 1 N–H and O–H groups in total. The van der Waals surface area contributed by atoms with Gasteiger partial charge in [0.2, 0.25) is 10.0 Å². The summed E-state index contributed by atoms with van der Waals surface area (Å²) in [7, 11) is -3.56. The molecule has 2 unspecified atom stereocenters. The minimum absolute atomic E-state index is 0.213. The molecule has 0 saturated carbocycles. The van der Waals surface area contributed by atoms with Crippen LogP contribution in [0.3, 0.4) is 0 Å². The Bertz CT molecular complexity index is 947. The third-order valence-corrected chi connectivity index (χ3v) is 6.87. The third-order valence-electron chi connectivity index (χ3n) is 5.02. The second kappa shape index (κ2) is 8.97. The van der Waals surface area contributed by atoms with E-state index in [0.29, 0.717) is 48.5 Å². The number of benzene rings is 2. The van der Waals surface area contributed by atoms with Crippen LogP contribution in [0.2, 0.25) is 0 Å². The minimum Gasteiger partial charge on any atom is -0.492 e. The fourth-order valence-electron chi connectivity index (χ4n) is 3.78. The van der Waals surface area contributed by atoms with Crippen LogP contribution in [0.4, 0.5) is 5.69 Å². The van der Waals surface area contributed by atoms with Gasteiger partial charge >= 0.3 is 0 Å². The van der Waals surface area contributed by atoms with E-state index in [1.807, 2.05) is 19.1 Å². The first-order valence-electron chi connectivity index (χ1n) is 9.94. The van der Waals surface area contributed by atoms with E-state index < -0.39 is 10.0 Å². The molecule has 0 aromatic heterocycles. The zero-order valence-corrected chi connectivity index (χ0v) is 17.9. The maximum atomic E-state index is 13.0. The first kappa shape index (κ1) is 21.3. The average molecular weight is 417 g/mol. The van der Waals surface area contributed by atoms with E-state index in [2.05, 4.69) is 19.2 Å². The van der Waals surface area contributed by atoms with E-state index in [9.17, 15) is 13.2 Å². The van der Waals surface area contributed by atoms with Gasteiger partial charge in [-0.15, -0.1) is 0 Å². The van der Waals surface area contributed by atoms with Crippen molar-refractivity contribution in [2.75, 3.05) is 25.0 Å². The second-order valence-corrected chi connectivity index (χ2v) is 9.61. The van der Waals surface area contributed by atoms with Crippen molar-refractivity contribution in [3.05, 3.63) is 54.1 Å². The van der Waals surface area contributed by atoms with Crippen LogP contribution in [0.15, 0.2) is 53.4 Å². The molecule has 1 saturated heterocycles. The molecule has 1 heterocycles. The molecular weight excluding hydrogens is 388 g/mol. The van der Waals surface area contributed by atoms with Crippen LogP contribution in [-0.2, 0) is 10.0 Å². The predicted octanol–water partition coefficient (Wildman–Crippen LogP) is 4.00. The first-order valence-corrected chi connectivity index (χ1v) is 11.4. The van der Waals surface area contributed by atoms with Crippen molar-refractivity contribution < 1.29 is 17.9 Å². The summed E-state index contributed by atoms with van der Waals surface area (Å²) < 4.78 is 33.0. The molecule has 1 aliphatic heterocycles. The molecule has 0 spiro atoms. The van der Waals surface area contributed by atoms with Gasteiger partial charge in [0.05, 0.1) is 17.2 Å². The molecule has 3 rings (SSSR count). The molecule has 156 valence electrons. The zero-order valence-electron chi connectivity index (χ0n) is 17.1. The molecule has 2 atom stereocenters. The van der Waals surface area contributed by atoms with Gasteiger partial charge in [0.15, 0.2) is 0 Å². The Kier molecular flexibility index (Phi) is 6.59. The number of rotatable bonds is 6. The van der Waals surface area contributed by atoms with Crippen LogP contribution >= 0.6 is 0 Å². The van der Waals surface area contributed by atoms with E-state index in [1.165, 1.54) is 12.1 Å². The Morgan fingerprint density at radius 2 is 1.69 bits per heavy atom. The number of carbonyl (C=O) groups excluding carboxylic acids is 1. The van der Waals surface area contributed by atoms with Gasteiger partial charge in [-0.05, 0) is 61.6 Å². The van der Waals surface area contributed by atoms with Gasteiger partial charge < -0.3 is 10.1 Å². The number of hydrogen-bond donors (Lipinski definition) is 1. The number of para-hydroxylation sites is 2. The summed E-state index contributed by atoms with van der Waals surface area (Å²) in [5, 5.41) is 2.82. The second-order valence-electron chi connectivity index (χ2n) is 7.68. The van der Waals surface area contributed by atoms with Crippen molar-refractivity contribution >= 4 is 21.6 Å². The molecule has 2 aromatic carbocycles. The van der Waals surface area contributed by atoms with Crippen LogP contribution in [0.25, 0.3) is 0 Å². The molecule has 1 fully saturated rings. The van der Waals surface area contributed by atoms with Gasteiger partial charge in [-0.2, -0.15) is 4.31 Å². The number of hydrogen-bond acceptors (Lipinski definition) is 4. The highest BCUT2D eigenvalue weighted by atomic mass is 32.2. The Hall–Kier alpha value is -2.38. The minimum atomic E-state index is -3.56. The summed E-state index contributed by atoms with van der Waals surface area (Å²) in [6, 6.07) is 13.3.